The summed E-state index contributed by atoms with van der Waals surface area (Å²) in [4.78, 5) is 9.11. The van der Waals surface area contributed by atoms with E-state index in [4.69, 9.17) is 16.9 Å². The van der Waals surface area contributed by atoms with E-state index in [1.165, 1.54) is 12.8 Å². The van der Waals surface area contributed by atoms with Gasteiger partial charge in [-0.15, -0.1) is 0 Å². The predicted octanol–water partition coefficient (Wildman–Crippen LogP) is 2.28. The Kier molecular flexibility index (Phi) is 3.34. The van der Waals surface area contributed by atoms with Gasteiger partial charge in [0.2, 0.25) is 0 Å². The summed E-state index contributed by atoms with van der Waals surface area (Å²) in [7, 11) is 2.21. The smallest absolute Gasteiger partial charge is 0.148 e. The maximum atomic E-state index is 9.06. The van der Waals surface area contributed by atoms with Crippen molar-refractivity contribution in [2.45, 2.75) is 31.3 Å². The van der Waals surface area contributed by atoms with Crippen molar-refractivity contribution in [1.82, 2.24) is 9.88 Å². The number of halogens is 1. The van der Waals surface area contributed by atoms with E-state index in [-0.39, 0.29) is 0 Å². The van der Waals surface area contributed by atoms with Crippen LogP contribution in [0.4, 0.5) is 5.82 Å². The lowest BCUT2D eigenvalue weighted by atomic mass is 10.1. The van der Waals surface area contributed by atoms with Gasteiger partial charge in [-0.05, 0) is 32.4 Å². The van der Waals surface area contributed by atoms with E-state index in [2.05, 4.69) is 27.9 Å². The van der Waals surface area contributed by atoms with Crippen LogP contribution in [-0.4, -0.2) is 42.1 Å². The van der Waals surface area contributed by atoms with Crippen LogP contribution in [0.2, 0.25) is 5.02 Å². The van der Waals surface area contributed by atoms with Crippen molar-refractivity contribution in [3.8, 4) is 6.07 Å². The molecule has 3 rings (SSSR count). The zero-order chi connectivity index (χ0) is 13.4. The first-order valence-electron chi connectivity index (χ1n) is 6.72. The molecule has 2 unspecified atom stereocenters. The van der Waals surface area contributed by atoms with Crippen LogP contribution in [0.1, 0.15) is 24.8 Å². The molecule has 4 nitrogen and oxygen atoms in total. The Labute approximate surface area is 118 Å². The molecule has 3 heterocycles. The van der Waals surface area contributed by atoms with Crippen LogP contribution >= 0.6 is 11.6 Å². The molecule has 2 bridgehead atoms. The first-order chi connectivity index (χ1) is 9.20. The summed E-state index contributed by atoms with van der Waals surface area (Å²) in [5, 5.41) is 9.55. The minimum absolute atomic E-state index is 0.491. The van der Waals surface area contributed by atoms with Crippen LogP contribution in [0.15, 0.2) is 12.3 Å². The fourth-order valence-corrected chi connectivity index (χ4v) is 3.51. The highest BCUT2D eigenvalue weighted by atomic mass is 35.5. The van der Waals surface area contributed by atoms with Crippen molar-refractivity contribution in [3.63, 3.8) is 0 Å². The lowest BCUT2D eigenvalue weighted by molar-refractivity contribution is 0.254. The molecule has 0 amide bonds. The average Bonchev–Trinajstić information content (AvgIpc) is 2.64. The molecule has 0 aliphatic carbocycles. The van der Waals surface area contributed by atoms with E-state index < -0.39 is 0 Å². The van der Waals surface area contributed by atoms with Gasteiger partial charge >= 0.3 is 0 Å². The summed E-state index contributed by atoms with van der Waals surface area (Å²) in [6.07, 6.45) is 5.36. The third kappa shape index (κ3) is 2.18. The Hall–Kier alpha value is -1.31. The molecule has 2 aliphatic rings. The lowest BCUT2D eigenvalue weighted by Gasteiger charge is -2.27. The third-order valence-corrected chi connectivity index (χ3v) is 4.81. The molecular formula is C14H17ClN4. The zero-order valence-corrected chi connectivity index (χ0v) is 11.8. The van der Waals surface area contributed by atoms with Crippen molar-refractivity contribution in [2.24, 2.45) is 0 Å². The van der Waals surface area contributed by atoms with Gasteiger partial charge in [-0.2, -0.15) is 5.26 Å². The van der Waals surface area contributed by atoms with Crippen molar-refractivity contribution >= 4 is 17.4 Å². The molecule has 2 aliphatic heterocycles. The molecule has 0 N–H and O–H groups in total. The van der Waals surface area contributed by atoms with E-state index in [0.717, 1.165) is 25.3 Å². The number of fused-ring (bicyclic) bond motifs is 2. The summed E-state index contributed by atoms with van der Waals surface area (Å²) < 4.78 is 0. The zero-order valence-electron chi connectivity index (χ0n) is 11.0. The van der Waals surface area contributed by atoms with E-state index in [0.29, 0.717) is 22.7 Å². The maximum absolute atomic E-state index is 9.06. The Morgan fingerprint density at radius 2 is 2.16 bits per heavy atom. The molecule has 1 aromatic rings. The second kappa shape index (κ2) is 4.99. The van der Waals surface area contributed by atoms with E-state index in [1.54, 1.807) is 12.3 Å². The van der Waals surface area contributed by atoms with E-state index in [1.807, 2.05) is 0 Å². The fraction of sp³-hybridized carbons (Fsp3) is 0.571. The van der Waals surface area contributed by atoms with Crippen LogP contribution < -0.4 is 4.90 Å². The SMILES string of the molecule is CN1C2CCC1CN(c1nccc(C#N)c1Cl)CC2. The first-order valence-corrected chi connectivity index (χ1v) is 7.10. The summed E-state index contributed by atoms with van der Waals surface area (Å²) in [6.45, 7) is 1.92. The topological polar surface area (TPSA) is 43.2 Å². The van der Waals surface area contributed by atoms with Gasteiger partial charge in [-0.1, -0.05) is 11.6 Å². The maximum Gasteiger partial charge on any atom is 0.148 e. The molecule has 0 spiro atoms. The average molecular weight is 277 g/mol. The number of nitriles is 1. The largest absolute Gasteiger partial charge is 0.354 e. The minimum atomic E-state index is 0.491. The van der Waals surface area contributed by atoms with Crippen molar-refractivity contribution < 1.29 is 0 Å². The monoisotopic (exact) mass is 276 g/mol. The van der Waals surface area contributed by atoms with Crippen LogP contribution in [0.25, 0.3) is 0 Å². The molecule has 2 saturated heterocycles. The highest BCUT2D eigenvalue weighted by Gasteiger charge is 2.35. The molecule has 5 heteroatoms. The van der Waals surface area contributed by atoms with Crippen LogP contribution in [0.3, 0.4) is 0 Å². The second-order valence-electron chi connectivity index (χ2n) is 5.39. The molecule has 19 heavy (non-hydrogen) atoms. The van der Waals surface area contributed by atoms with Gasteiger partial charge < -0.3 is 4.90 Å². The molecule has 0 radical (unpaired) electrons. The van der Waals surface area contributed by atoms with Crippen LogP contribution in [0.5, 0.6) is 0 Å². The van der Waals surface area contributed by atoms with Crippen molar-refractivity contribution in [3.05, 3.63) is 22.8 Å². The van der Waals surface area contributed by atoms with Crippen molar-refractivity contribution in [2.75, 3.05) is 25.0 Å². The molecule has 0 aromatic carbocycles. The number of pyridine rings is 1. The molecule has 1 aromatic heterocycles. The molecule has 2 fully saturated rings. The van der Waals surface area contributed by atoms with Crippen molar-refractivity contribution in [1.29, 1.82) is 5.26 Å². The standard InChI is InChI=1S/C14H17ClN4/c1-18-11-2-3-12(18)9-19(7-5-11)14-13(15)10(8-16)4-6-17-14/h4,6,11-12H,2-3,5,7,9H2,1H3. The number of rotatable bonds is 1. The second-order valence-corrected chi connectivity index (χ2v) is 5.77. The van der Waals surface area contributed by atoms with Gasteiger partial charge in [0.15, 0.2) is 0 Å². The molecule has 100 valence electrons. The summed E-state index contributed by atoms with van der Waals surface area (Å²) >= 11 is 6.29. The Balaban J connectivity index is 1.89. The molecule has 0 saturated carbocycles. The number of hydrogen-bond acceptors (Lipinski definition) is 4. The summed E-state index contributed by atoms with van der Waals surface area (Å²) in [5.41, 5.74) is 0.509. The fourth-order valence-electron chi connectivity index (χ4n) is 3.24. The number of nitrogens with zero attached hydrogens (tertiary/aromatic N) is 4. The Morgan fingerprint density at radius 1 is 1.37 bits per heavy atom. The number of anilines is 1. The third-order valence-electron chi connectivity index (χ3n) is 4.44. The number of hydrogen-bond donors (Lipinski definition) is 0. The normalized spacial score (nSPS) is 27.1. The Morgan fingerprint density at radius 3 is 2.95 bits per heavy atom. The Bertz CT molecular complexity index is 525. The van der Waals surface area contributed by atoms with Gasteiger partial charge in [-0.3, -0.25) is 4.90 Å². The van der Waals surface area contributed by atoms with Gasteiger partial charge in [-0.25, -0.2) is 4.98 Å². The van der Waals surface area contributed by atoms with Gasteiger partial charge in [0, 0.05) is 31.4 Å². The minimum Gasteiger partial charge on any atom is -0.354 e. The summed E-state index contributed by atoms with van der Waals surface area (Å²) in [5.74, 6) is 0.765. The van der Waals surface area contributed by atoms with Gasteiger partial charge in [0.1, 0.15) is 16.9 Å². The highest BCUT2D eigenvalue weighted by molar-refractivity contribution is 6.34. The first kappa shape index (κ1) is 12.7. The molecule has 2 atom stereocenters. The predicted molar refractivity (Wildman–Crippen MR) is 75.4 cm³/mol. The summed E-state index contributed by atoms with van der Waals surface area (Å²) in [6, 6.07) is 5.06. The van der Waals surface area contributed by atoms with Gasteiger partial charge in [0.25, 0.3) is 0 Å². The van der Waals surface area contributed by atoms with Crippen LogP contribution in [0, 0.1) is 11.3 Å². The molecular weight excluding hydrogens is 260 g/mol. The number of likely N-dealkylation sites (N-methyl/N-ethyl adjacent to an activating group) is 1. The van der Waals surface area contributed by atoms with E-state index in [9.17, 15) is 0 Å². The quantitative estimate of drug-likeness (QED) is 0.789. The van der Waals surface area contributed by atoms with E-state index >= 15 is 0 Å². The highest BCUT2D eigenvalue weighted by Crippen LogP contribution is 2.33. The lowest BCUT2D eigenvalue weighted by Crippen LogP contribution is -2.37. The number of aromatic nitrogens is 1. The van der Waals surface area contributed by atoms with Crippen LogP contribution in [-0.2, 0) is 0 Å². The van der Waals surface area contributed by atoms with Gasteiger partial charge in [0.05, 0.1) is 5.56 Å².